The van der Waals surface area contributed by atoms with Crippen LogP contribution in [0.15, 0.2) is 12.7 Å². The topological polar surface area (TPSA) is 79.2 Å². The zero-order valence-corrected chi connectivity index (χ0v) is 8.04. The Balaban J connectivity index is 2.55. The van der Waals surface area contributed by atoms with E-state index in [1.807, 2.05) is 0 Å². The van der Waals surface area contributed by atoms with Crippen LogP contribution in [0.5, 0.6) is 0 Å². The largest absolute Gasteiger partial charge is 0.388 e. The average Bonchev–Trinajstić information content (AvgIpc) is 2.18. The van der Waals surface area contributed by atoms with Crippen molar-refractivity contribution in [2.75, 3.05) is 6.61 Å². The summed E-state index contributed by atoms with van der Waals surface area (Å²) in [5.74, 6) is 0. The van der Waals surface area contributed by atoms with Crippen molar-refractivity contribution in [2.45, 2.75) is 37.6 Å². The highest BCUT2D eigenvalue weighted by molar-refractivity contribution is 4.87. The Morgan fingerprint density at radius 3 is 2.50 bits per heavy atom. The molecule has 1 heterocycles. The molecule has 82 valence electrons. The van der Waals surface area contributed by atoms with Gasteiger partial charge in [0, 0.05) is 0 Å². The van der Waals surface area contributed by atoms with Gasteiger partial charge in [-0.1, -0.05) is 6.08 Å². The maximum absolute atomic E-state index is 9.46. The Hall–Kier alpha value is -0.460. The normalized spacial score (nSPS) is 43.6. The molecule has 0 spiro atoms. The fraction of sp³-hybridized carbons (Fsp3) is 0.778. The molecule has 14 heavy (non-hydrogen) atoms. The zero-order valence-electron chi connectivity index (χ0n) is 8.04. The fourth-order valence-corrected chi connectivity index (χ4v) is 1.31. The Labute approximate surface area is 82.6 Å². The van der Waals surface area contributed by atoms with Crippen LogP contribution >= 0.6 is 0 Å². The van der Waals surface area contributed by atoms with Crippen LogP contribution in [-0.4, -0.2) is 52.6 Å². The van der Waals surface area contributed by atoms with E-state index in [2.05, 4.69) is 6.58 Å². The molecule has 5 nitrogen and oxygen atoms in total. The van der Waals surface area contributed by atoms with Crippen LogP contribution in [0.2, 0.25) is 0 Å². The van der Waals surface area contributed by atoms with Gasteiger partial charge >= 0.3 is 0 Å². The van der Waals surface area contributed by atoms with E-state index in [-0.39, 0.29) is 6.61 Å². The fourth-order valence-electron chi connectivity index (χ4n) is 1.31. The summed E-state index contributed by atoms with van der Waals surface area (Å²) >= 11 is 0. The SMILES string of the molecule is C=CCOC1O[C@@H](C)[C@H](O)[C@@H](O)[C@H]1O. The van der Waals surface area contributed by atoms with Gasteiger partial charge in [0.15, 0.2) is 6.29 Å². The first-order valence-corrected chi connectivity index (χ1v) is 4.50. The van der Waals surface area contributed by atoms with E-state index in [1.165, 1.54) is 6.08 Å². The number of ether oxygens (including phenoxy) is 2. The second-order valence-electron chi connectivity index (χ2n) is 3.30. The van der Waals surface area contributed by atoms with Gasteiger partial charge in [0.05, 0.1) is 12.7 Å². The van der Waals surface area contributed by atoms with Crippen LogP contribution in [0.3, 0.4) is 0 Å². The molecule has 5 heteroatoms. The van der Waals surface area contributed by atoms with Crippen molar-refractivity contribution in [1.29, 1.82) is 0 Å². The minimum atomic E-state index is -1.24. The second kappa shape index (κ2) is 4.86. The molecule has 3 N–H and O–H groups in total. The average molecular weight is 204 g/mol. The molecule has 1 fully saturated rings. The molecule has 0 aliphatic carbocycles. The predicted molar refractivity (Wildman–Crippen MR) is 48.5 cm³/mol. The lowest BCUT2D eigenvalue weighted by molar-refractivity contribution is -0.290. The molecule has 0 saturated carbocycles. The van der Waals surface area contributed by atoms with Crippen LogP contribution in [0.4, 0.5) is 0 Å². The molecule has 0 bridgehead atoms. The third-order valence-corrected chi connectivity index (χ3v) is 2.19. The van der Waals surface area contributed by atoms with Crippen LogP contribution in [0, 0.1) is 0 Å². The molecule has 0 aromatic carbocycles. The quantitative estimate of drug-likeness (QED) is 0.515. The van der Waals surface area contributed by atoms with Gasteiger partial charge < -0.3 is 24.8 Å². The minimum Gasteiger partial charge on any atom is -0.388 e. The predicted octanol–water partition coefficient (Wildman–Crippen LogP) is -0.984. The standard InChI is InChI=1S/C9H16O5/c1-3-4-13-9-8(12)7(11)6(10)5(2)14-9/h3,5-12H,1,4H2,2H3/t5-,6-,7+,8+,9?/m0/s1. The number of aliphatic hydroxyl groups is 3. The van der Waals surface area contributed by atoms with Crippen LogP contribution < -0.4 is 0 Å². The third kappa shape index (κ3) is 2.31. The second-order valence-corrected chi connectivity index (χ2v) is 3.30. The van der Waals surface area contributed by atoms with Crippen LogP contribution in [0.25, 0.3) is 0 Å². The van der Waals surface area contributed by atoms with E-state index in [4.69, 9.17) is 9.47 Å². The zero-order chi connectivity index (χ0) is 10.7. The molecule has 0 amide bonds. The van der Waals surface area contributed by atoms with Crippen molar-refractivity contribution in [2.24, 2.45) is 0 Å². The Morgan fingerprint density at radius 2 is 1.93 bits per heavy atom. The van der Waals surface area contributed by atoms with Crippen LogP contribution in [0.1, 0.15) is 6.92 Å². The molecule has 1 unspecified atom stereocenters. The molecule has 1 saturated heterocycles. The molecular formula is C9H16O5. The van der Waals surface area contributed by atoms with Gasteiger partial charge in [0.1, 0.15) is 18.3 Å². The number of hydrogen-bond donors (Lipinski definition) is 3. The van der Waals surface area contributed by atoms with Gasteiger partial charge in [0.2, 0.25) is 0 Å². The summed E-state index contributed by atoms with van der Waals surface area (Å²) in [4.78, 5) is 0. The summed E-state index contributed by atoms with van der Waals surface area (Å²) < 4.78 is 10.2. The van der Waals surface area contributed by atoms with Gasteiger partial charge in [-0.25, -0.2) is 0 Å². The first kappa shape index (κ1) is 11.6. The first-order valence-electron chi connectivity index (χ1n) is 4.50. The highest BCUT2D eigenvalue weighted by Gasteiger charge is 2.42. The van der Waals surface area contributed by atoms with E-state index < -0.39 is 30.7 Å². The number of aliphatic hydroxyl groups excluding tert-OH is 3. The van der Waals surface area contributed by atoms with Gasteiger partial charge in [-0.2, -0.15) is 0 Å². The van der Waals surface area contributed by atoms with Crippen molar-refractivity contribution in [3.8, 4) is 0 Å². The van der Waals surface area contributed by atoms with E-state index in [0.29, 0.717) is 0 Å². The van der Waals surface area contributed by atoms with E-state index in [9.17, 15) is 15.3 Å². The highest BCUT2D eigenvalue weighted by atomic mass is 16.7. The molecule has 0 radical (unpaired) electrons. The van der Waals surface area contributed by atoms with Crippen molar-refractivity contribution < 1.29 is 24.8 Å². The third-order valence-electron chi connectivity index (χ3n) is 2.19. The van der Waals surface area contributed by atoms with Gasteiger partial charge in [-0.05, 0) is 6.92 Å². The number of hydrogen-bond acceptors (Lipinski definition) is 5. The van der Waals surface area contributed by atoms with Crippen molar-refractivity contribution in [3.05, 3.63) is 12.7 Å². The molecule has 1 aliphatic heterocycles. The number of rotatable bonds is 3. The summed E-state index contributed by atoms with van der Waals surface area (Å²) in [6.07, 6.45) is -3.54. The Kier molecular flexibility index (Phi) is 4.03. The molecule has 0 aromatic heterocycles. The Bertz CT molecular complexity index is 196. The lowest BCUT2D eigenvalue weighted by Gasteiger charge is -2.38. The summed E-state index contributed by atoms with van der Waals surface area (Å²) in [7, 11) is 0. The van der Waals surface area contributed by atoms with Crippen molar-refractivity contribution in [3.63, 3.8) is 0 Å². The minimum absolute atomic E-state index is 0.220. The van der Waals surface area contributed by atoms with Gasteiger partial charge in [0.25, 0.3) is 0 Å². The maximum Gasteiger partial charge on any atom is 0.186 e. The van der Waals surface area contributed by atoms with Gasteiger partial charge in [-0.15, -0.1) is 6.58 Å². The van der Waals surface area contributed by atoms with E-state index in [1.54, 1.807) is 6.92 Å². The van der Waals surface area contributed by atoms with Crippen molar-refractivity contribution in [1.82, 2.24) is 0 Å². The smallest absolute Gasteiger partial charge is 0.186 e. The first-order chi connectivity index (χ1) is 6.57. The lowest BCUT2D eigenvalue weighted by Crippen LogP contribution is -2.57. The summed E-state index contributed by atoms with van der Waals surface area (Å²) in [5.41, 5.74) is 0. The van der Waals surface area contributed by atoms with Crippen molar-refractivity contribution >= 4 is 0 Å². The molecule has 5 atom stereocenters. The lowest BCUT2D eigenvalue weighted by atomic mass is 10.0. The molecule has 0 aromatic rings. The monoisotopic (exact) mass is 204 g/mol. The maximum atomic E-state index is 9.46. The summed E-state index contributed by atoms with van der Waals surface area (Å²) in [6, 6.07) is 0. The summed E-state index contributed by atoms with van der Waals surface area (Å²) in [5, 5.41) is 28.2. The van der Waals surface area contributed by atoms with E-state index in [0.717, 1.165) is 0 Å². The Morgan fingerprint density at radius 1 is 1.29 bits per heavy atom. The molecular weight excluding hydrogens is 188 g/mol. The molecule has 1 rings (SSSR count). The summed E-state index contributed by atoms with van der Waals surface area (Å²) in [6.45, 7) is 5.27. The van der Waals surface area contributed by atoms with Crippen LogP contribution in [-0.2, 0) is 9.47 Å². The highest BCUT2D eigenvalue weighted by Crippen LogP contribution is 2.21. The van der Waals surface area contributed by atoms with Gasteiger partial charge in [-0.3, -0.25) is 0 Å². The molecule has 1 aliphatic rings. The van der Waals surface area contributed by atoms with E-state index >= 15 is 0 Å².